The highest BCUT2D eigenvalue weighted by atomic mass is 35.5. The lowest BCUT2D eigenvalue weighted by Gasteiger charge is -2.06. The molecule has 0 spiro atoms. The summed E-state index contributed by atoms with van der Waals surface area (Å²) >= 11 is 5.75. The lowest BCUT2D eigenvalue weighted by molar-refractivity contribution is -0.384. The van der Waals surface area contributed by atoms with Crippen molar-refractivity contribution in [2.24, 2.45) is 4.99 Å². The Kier molecular flexibility index (Phi) is 5.54. The number of aromatic hydroxyl groups is 1. The minimum atomic E-state index is -0.571. The van der Waals surface area contributed by atoms with Gasteiger partial charge < -0.3 is 9.84 Å². The van der Waals surface area contributed by atoms with Crippen LogP contribution in [0.25, 0.3) is 0 Å². The maximum absolute atomic E-state index is 10.8. The Bertz CT molecular complexity index is 747. The van der Waals surface area contributed by atoms with Gasteiger partial charge in [0, 0.05) is 23.9 Å². The molecular formula is C16H15ClN2O4. The van der Waals surface area contributed by atoms with Gasteiger partial charge in [-0.25, -0.2) is 0 Å². The molecule has 1 N–H and O–H groups in total. The summed E-state index contributed by atoms with van der Waals surface area (Å²) in [5, 5.41) is 20.8. The van der Waals surface area contributed by atoms with E-state index in [9.17, 15) is 15.2 Å². The molecule has 0 atom stereocenters. The zero-order chi connectivity index (χ0) is 16.8. The van der Waals surface area contributed by atoms with E-state index in [1.54, 1.807) is 18.2 Å². The number of nitro groups is 1. The van der Waals surface area contributed by atoms with Crippen LogP contribution in [0.5, 0.6) is 11.5 Å². The minimum Gasteiger partial charge on any atom is -0.507 e. The SMILES string of the molecule is CCCOc1ccc(C=Nc2ccc(Cl)c([N+](=O)[O-])c2)c(O)c1. The number of hydrogen-bond acceptors (Lipinski definition) is 5. The third-order valence-electron chi connectivity index (χ3n) is 2.95. The summed E-state index contributed by atoms with van der Waals surface area (Å²) in [5.41, 5.74) is 0.632. The van der Waals surface area contributed by atoms with Crippen molar-refractivity contribution < 1.29 is 14.8 Å². The van der Waals surface area contributed by atoms with Gasteiger partial charge in [0.1, 0.15) is 16.5 Å². The average molecular weight is 335 g/mol. The maximum atomic E-state index is 10.8. The summed E-state index contributed by atoms with van der Waals surface area (Å²) in [5.74, 6) is 0.592. The van der Waals surface area contributed by atoms with Gasteiger partial charge in [-0.3, -0.25) is 15.1 Å². The second kappa shape index (κ2) is 7.60. The first-order valence-corrected chi connectivity index (χ1v) is 7.33. The molecule has 7 heteroatoms. The van der Waals surface area contributed by atoms with Gasteiger partial charge >= 0.3 is 0 Å². The Morgan fingerprint density at radius 3 is 2.78 bits per heavy atom. The number of nitrogens with zero attached hydrogens (tertiary/aromatic N) is 2. The quantitative estimate of drug-likeness (QED) is 0.479. The number of nitro benzene ring substituents is 1. The van der Waals surface area contributed by atoms with Crippen LogP contribution in [0.1, 0.15) is 18.9 Å². The van der Waals surface area contributed by atoms with E-state index in [-0.39, 0.29) is 16.5 Å². The van der Waals surface area contributed by atoms with Crippen molar-refractivity contribution in [1.82, 2.24) is 0 Å². The average Bonchev–Trinajstić information content (AvgIpc) is 2.53. The molecule has 0 bridgehead atoms. The molecule has 6 nitrogen and oxygen atoms in total. The summed E-state index contributed by atoms with van der Waals surface area (Å²) < 4.78 is 5.41. The number of phenols is 1. The largest absolute Gasteiger partial charge is 0.507 e. The predicted octanol–water partition coefficient (Wildman–Crippen LogP) is 4.49. The van der Waals surface area contributed by atoms with E-state index in [1.807, 2.05) is 6.92 Å². The molecule has 0 saturated carbocycles. The third kappa shape index (κ3) is 4.43. The summed E-state index contributed by atoms with van der Waals surface area (Å²) in [6.07, 6.45) is 2.30. The third-order valence-corrected chi connectivity index (χ3v) is 3.27. The van der Waals surface area contributed by atoms with Crippen molar-refractivity contribution in [3.05, 3.63) is 57.1 Å². The molecule has 0 aliphatic carbocycles. The van der Waals surface area contributed by atoms with Crippen LogP contribution in [0.2, 0.25) is 5.02 Å². The van der Waals surface area contributed by atoms with Crippen molar-refractivity contribution in [1.29, 1.82) is 0 Å². The van der Waals surface area contributed by atoms with Crippen LogP contribution in [0.4, 0.5) is 11.4 Å². The second-order valence-corrected chi connectivity index (χ2v) is 5.13. The number of hydrogen-bond donors (Lipinski definition) is 1. The van der Waals surface area contributed by atoms with Crippen molar-refractivity contribution in [2.75, 3.05) is 6.61 Å². The minimum absolute atomic E-state index is 0.0193. The van der Waals surface area contributed by atoms with Gasteiger partial charge in [0.2, 0.25) is 0 Å². The van der Waals surface area contributed by atoms with Gasteiger partial charge in [-0.1, -0.05) is 18.5 Å². The molecule has 0 radical (unpaired) electrons. The maximum Gasteiger partial charge on any atom is 0.290 e. The first-order valence-electron chi connectivity index (χ1n) is 6.95. The zero-order valence-electron chi connectivity index (χ0n) is 12.4. The Labute approximate surface area is 138 Å². The normalized spacial score (nSPS) is 10.9. The van der Waals surface area contributed by atoms with Crippen LogP contribution in [-0.2, 0) is 0 Å². The molecule has 0 amide bonds. The van der Waals surface area contributed by atoms with Crippen LogP contribution in [0.15, 0.2) is 41.4 Å². The summed E-state index contributed by atoms with van der Waals surface area (Å²) in [6, 6.07) is 9.13. The standard InChI is InChI=1S/C16H15ClN2O4/c1-2-7-23-13-5-3-11(16(20)9-13)10-18-12-4-6-14(17)15(8-12)19(21)22/h3-6,8-10,20H,2,7H2,1H3. The number of ether oxygens (including phenoxy) is 1. The first kappa shape index (κ1) is 16.8. The number of phenolic OH excluding ortho intramolecular Hbond substituents is 1. The molecule has 0 fully saturated rings. The Hall–Kier alpha value is -2.60. The molecule has 0 heterocycles. The van der Waals surface area contributed by atoms with Crippen LogP contribution in [-0.4, -0.2) is 22.9 Å². The van der Waals surface area contributed by atoms with Crippen molar-refractivity contribution >= 4 is 29.2 Å². The molecule has 2 rings (SSSR count). The number of benzene rings is 2. The molecule has 0 unspecified atom stereocenters. The van der Waals surface area contributed by atoms with Gasteiger partial charge in [0.25, 0.3) is 5.69 Å². The van der Waals surface area contributed by atoms with E-state index < -0.39 is 4.92 Å². The highest BCUT2D eigenvalue weighted by Crippen LogP contribution is 2.29. The fourth-order valence-electron chi connectivity index (χ4n) is 1.81. The van der Waals surface area contributed by atoms with E-state index >= 15 is 0 Å². The van der Waals surface area contributed by atoms with Gasteiger partial charge in [0.15, 0.2) is 0 Å². The molecule has 0 aromatic heterocycles. The van der Waals surface area contributed by atoms with Crippen molar-refractivity contribution in [3.8, 4) is 11.5 Å². The molecule has 23 heavy (non-hydrogen) atoms. The molecule has 120 valence electrons. The van der Waals surface area contributed by atoms with Gasteiger partial charge in [-0.2, -0.15) is 0 Å². The number of aliphatic imine (C=N–C) groups is 1. The van der Waals surface area contributed by atoms with E-state index in [0.29, 0.717) is 23.6 Å². The number of halogens is 1. The van der Waals surface area contributed by atoms with Crippen LogP contribution >= 0.6 is 11.6 Å². The fraction of sp³-hybridized carbons (Fsp3) is 0.188. The van der Waals surface area contributed by atoms with Crippen LogP contribution < -0.4 is 4.74 Å². The highest BCUT2D eigenvalue weighted by Gasteiger charge is 2.12. The summed E-state index contributed by atoms with van der Waals surface area (Å²) in [7, 11) is 0. The van der Waals surface area contributed by atoms with Crippen LogP contribution in [0.3, 0.4) is 0 Å². The molecule has 0 aliphatic rings. The Balaban J connectivity index is 2.20. The molecule has 2 aromatic carbocycles. The van der Waals surface area contributed by atoms with Crippen LogP contribution in [0, 0.1) is 10.1 Å². The summed E-state index contributed by atoms with van der Waals surface area (Å²) in [6.45, 7) is 2.56. The van der Waals surface area contributed by atoms with Gasteiger partial charge in [-0.05, 0) is 30.7 Å². The Morgan fingerprint density at radius 1 is 1.35 bits per heavy atom. The lowest BCUT2D eigenvalue weighted by atomic mass is 10.2. The predicted molar refractivity (Wildman–Crippen MR) is 89.3 cm³/mol. The second-order valence-electron chi connectivity index (χ2n) is 4.72. The monoisotopic (exact) mass is 334 g/mol. The summed E-state index contributed by atoms with van der Waals surface area (Å²) in [4.78, 5) is 14.4. The topological polar surface area (TPSA) is 85.0 Å². The van der Waals surface area contributed by atoms with E-state index in [0.717, 1.165) is 6.42 Å². The van der Waals surface area contributed by atoms with E-state index in [4.69, 9.17) is 16.3 Å². The van der Waals surface area contributed by atoms with Crippen molar-refractivity contribution in [3.63, 3.8) is 0 Å². The molecule has 0 aliphatic heterocycles. The number of rotatable bonds is 6. The Morgan fingerprint density at radius 2 is 2.13 bits per heavy atom. The van der Waals surface area contributed by atoms with Gasteiger partial charge in [0.05, 0.1) is 17.2 Å². The smallest absolute Gasteiger partial charge is 0.290 e. The van der Waals surface area contributed by atoms with Crippen molar-refractivity contribution in [2.45, 2.75) is 13.3 Å². The molecular weight excluding hydrogens is 320 g/mol. The first-order chi connectivity index (χ1) is 11.0. The lowest BCUT2D eigenvalue weighted by Crippen LogP contribution is -1.95. The fourth-order valence-corrected chi connectivity index (χ4v) is 1.99. The van der Waals surface area contributed by atoms with E-state index in [2.05, 4.69) is 4.99 Å². The van der Waals surface area contributed by atoms with E-state index in [1.165, 1.54) is 24.4 Å². The molecule has 0 saturated heterocycles. The zero-order valence-corrected chi connectivity index (χ0v) is 13.2. The van der Waals surface area contributed by atoms with Gasteiger partial charge in [-0.15, -0.1) is 0 Å². The highest BCUT2D eigenvalue weighted by molar-refractivity contribution is 6.32. The molecule has 2 aromatic rings.